The van der Waals surface area contributed by atoms with Gasteiger partial charge in [-0.15, -0.1) is 0 Å². The summed E-state index contributed by atoms with van der Waals surface area (Å²) >= 11 is 0. The van der Waals surface area contributed by atoms with E-state index < -0.39 is 27.2 Å². The van der Waals surface area contributed by atoms with Gasteiger partial charge >= 0.3 is 0 Å². The second-order valence-corrected chi connectivity index (χ2v) is 6.62. The second kappa shape index (κ2) is 5.46. The van der Waals surface area contributed by atoms with Crippen LogP contribution in [0.4, 0.5) is 8.78 Å². The lowest BCUT2D eigenvalue weighted by molar-refractivity contribution is 0.338. The molecule has 0 amide bonds. The fourth-order valence-corrected chi connectivity index (χ4v) is 3.74. The standard InChI is InChI=1S/C13H14F2N2O2S/c14-11-5-4-10(8-12(11)15)20(18,19)17-13(9-16)6-2-1-3-7-13/h4-5,8,17H,1-3,6-7H2. The third-order valence-corrected chi connectivity index (χ3v) is 4.99. The van der Waals surface area contributed by atoms with E-state index in [0.717, 1.165) is 31.4 Å². The van der Waals surface area contributed by atoms with Crippen LogP contribution < -0.4 is 4.72 Å². The zero-order valence-corrected chi connectivity index (χ0v) is 11.5. The Morgan fingerprint density at radius 3 is 2.35 bits per heavy atom. The van der Waals surface area contributed by atoms with Crippen LogP contribution in [0.5, 0.6) is 0 Å². The number of sulfonamides is 1. The van der Waals surface area contributed by atoms with Crippen molar-refractivity contribution in [2.45, 2.75) is 42.5 Å². The van der Waals surface area contributed by atoms with E-state index in [-0.39, 0.29) is 4.90 Å². The Morgan fingerprint density at radius 2 is 1.80 bits per heavy atom. The highest BCUT2D eigenvalue weighted by Crippen LogP contribution is 2.29. The predicted molar refractivity (Wildman–Crippen MR) is 68.1 cm³/mol. The van der Waals surface area contributed by atoms with Gasteiger partial charge in [0.15, 0.2) is 11.6 Å². The highest BCUT2D eigenvalue weighted by molar-refractivity contribution is 7.89. The first kappa shape index (κ1) is 14.9. The second-order valence-electron chi connectivity index (χ2n) is 4.94. The molecule has 4 nitrogen and oxygen atoms in total. The summed E-state index contributed by atoms with van der Waals surface area (Å²) in [5.74, 6) is -2.35. The van der Waals surface area contributed by atoms with Crippen molar-refractivity contribution in [3.8, 4) is 6.07 Å². The highest BCUT2D eigenvalue weighted by Gasteiger charge is 2.36. The van der Waals surface area contributed by atoms with Crippen LogP contribution in [0.15, 0.2) is 23.1 Å². The van der Waals surface area contributed by atoms with Gasteiger partial charge < -0.3 is 0 Å². The van der Waals surface area contributed by atoms with Crippen molar-refractivity contribution in [3.05, 3.63) is 29.8 Å². The van der Waals surface area contributed by atoms with Gasteiger partial charge in [-0.3, -0.25) is 0 Å². The molecule has 0 atom stereocenters. The molecule has 1 aromatic rings. The van der Waals surface area contributed by atoms with Crippen LogP contribution in [-0.4, -0.2) is 14.0 Å². The smallest absolute Gasteiger partial charge is 0.207 e. The van der Waals surface area contributed by atoms with E-state index in [9.17, 15) is 22.5 Å². The molecule has 1 aliphatic carbocycles. The third kappa shape index (κ3) is 2.97. The minimum atomic E-state index is -4.05. The molecule has 2 rings (SSSR count). The summed E-state index contributed by atoms with van der Waals surface area (Å²) < 4.78 is 52.7. The molecule has 0 radical (unpaired) electrons. The first-order valence-electron chi connectivity index (χ1n) is 6.29. The van der Waals surface area contributed by atoms with E-state index in [4.69, 9.17) is 0 Å². The normalized spacial score (nSPS) is 18.4. The largest absolute Gasteiger partial charge is 0.242 e. The van der Waals surface area contributed by atoms with E-state index in [1.807, 2.05) is 6.07 Å². The molecule has 1 aromatic carbocycles. The van der Waals surface area contributed by atoms with Crippen molar-refractivity contribution in [3.63, 3.8) is 0 Å². The van der Waals surface area contributed by atoms with Gasteiger partial charge in [-0.2, -0.15) is 9.98 Å². The third-order valence-electron chi connectivity index (χ3n) is 3.45. The number of nitrogens with zero attached hydrogens (tertiary/aromatic N) is 1. The van der Waals surface area contributed by atoms with Gasteiger partial charge in [0.05, 0.1) is 11.0 Å². The Bertz CT molecular complexity index is 647. The molecule has 0 spiro atoms. The number of benzene rings is 1. The average Bonchev–Trinajstić information content (AvgIpc) is 2.42. The van der Waals surface area contributed by atoms with Crippen molar-refractivity contribution in [2.24, 2.45) is 0 Å². The topological polar surface area (TPSA) is 70.0 Å². The fourth-order valence-electron chi connectivity index (χ4n) is 2.35. The SMILES string of the molecule is N#CC1(NS(=O)(=O)c2ccc(F)c(F)c2)CCCCC1. The maximum Gasteiger partial charge on any atom is 0.242 e. The first-order valence-corrected chi connectivity index (χ1v) is 7.77. The highest BCUT2D eigenvalue weighted by atomic mass is 32.2. The molecule has 1 aliphatic rings. The van der Waals surface area contributed by atoms with Crippen molar-refractivity contribution < 1.29 is 17.2 Å². The monoisotopic (exact) mass is 300 g/mol. The summed E-state index contributed by atoms with van der Waals surface area (Å²) in [5, 5.41) is 9.24. The summed E-state index contributed by atoms with van der Waals surface area (Å²) in [6.45, 7) is 0. The number of nitriles is 1. The molecule has 1 saturated carbocycles. The molecule has 0 aliphatic heterocycles. The van der Waals surface area contributed by atoms with Gasteiger partial charge in [0.1, 0.15) is 5.54 Å². The van der Waals surface area contributed by atoms with E-state index in [0.29, 0.717) is 18.9 Å². The van der Waals surface area contributed by atoms with Crippen LogP contribution in [0.1, 0.15) is 32.1 Å². The van der Waals surface area contributed by atoms with Crippen LogP contribution in [0, 0.1) is 23.0 Å². The van der Waals surface area contributed by atoms with Crippen LogP contribution in [0.2, 0.25) is 0 Å². The quantitative estimate of drug-likeness (QED) is 0.932. The molecule has 7 heteroatoms. The molecular weight excluding hydrogens is 286 g/mol. The van der Waals surface area contributed by atoms with E-state index in [1.54, 1.807) is 0 Å². The lowest BCUT2D eigenvalue weighted by atomic mass is 9.84. The van der Waals surface area contributed by atoms with Gasteiger partial charge in [0, 0.05) is 0 Å². The molecule has 20 heavy (non-hydrogen) atoms. The van der Waals surface area contributed by atoms with Crippen LogP contribution in [0.25, 0.3) is 0 Å². The lowest BCUT2D eigenvalue weighted by Gasteiger charge is -2.31. The van der Waals surface area contributed by atoms with E-state index >= 15 is 0 Å². The molecule has 0 saturated heterocycles. The van der Waals surface area contributed by atoms with Gasteiger partial charge in [-0.25, -0.2) is 17.2 Å². The summed E-state index contributed by atoms with van der Waals surface area (Å²) in [7, 11) is -4.05. The summed E-state index contributed by atoms with van der Waals surface area (Å²) in [6, 6.07) is 4.36. The summed E-state index contributed by atoms with van der Waals surface area (Å²) in [4.78, 5) is -0.378. The first-order chi connectivity index (χ1) is 9.38. The number of rotatable bonds is 3. The zero-order chi connectivity index (χ0) is 14.8. The fraction of sp³-hybridized carbons (Fsp3) is 0.462. The van der Waals surface area contributed by atoms with Gasteiger partial charge in [-0.1, -0.05) is 19.3 Å². The molecule has 0 heterocycles. The average molecular weight is 300 g/mol. The molecule has 1 fully saturated rings. The Kier molecular flexibility index (Phi) is 4.06. The molecule has 0 unspecified atom stereocenters. The summed E-state index contributed by atoms with van der Waals surface area (Å²) in [5.41, 5.74) is -1.15. The Morgan fingerprint density at radius 1 is 1.15 bits per heavy atom. The van der Waals surface area contributed by atoms with Crippen LogP contribution >= 0.6 is 0 Å². The number of hydrogen-bond donors (Lipinski definition) is 1. The Balaban J connectivity index is 2.30. The Hall–Kier alpha value is -1.52. The molecule has 0 aromatic heterocycles. The predicted octanol–water partition coefficient (Wildman–Crippen LogP) is 2.47. The molecule has 0 bridgehead atoms. The van der Waals surface area contributed by atoms with Crippen molar-refractivity contribution in [2.75, 3.05) is 0 Å². The van der Waals surface area contributed by atoms with Crippen molar-refractivity contribution in [1.29, 1.82) is 5.26 Å². The lowest BCUT2D eigenvalue weighted by Crippen LogP contribution is -2.48. The van der Waals surface area contributed by atoms with E-state index in [1.165, 1.54) is 0 Å². The van der Waals surface area contributed by atoms with Gasteiger partial charge in [0.25, 0.3) is 0 Å². The summed E-state index contributed by atoms with van der Waals surface area (Å²) in [6.07, 6.45) is 3.32. The van der Waals surface area contributed by atoms with Crippen molar-refractivity contribution >= 4 is 10.0 Å². The molecule has 108 valence electrons. The zero-order valence-electron chi connectivity index (χ0n) is 10.7. The minimum Gasteiger partial charge on any atom is -0.207 e. The molecule has 1 N–H and O–H groups in total. The van der Waals surface area contributed by atoms with Crippen LogP contribution in [-0.2, 0) is 10.0 Å². The maximum atomic E-state index is 13.1. The number of nitrogens with one attached hydrogen (secondary N) is 1. The minimum absolute atomic E-state index is 0.378. The maximum absolute atomic E-state index is 13.1. The van der Waals surface area contributed by atoms with Crippen molar-refractivity contribution in [1.82, 2.24) is 4.72 Å². The Labute approximate surface area is 116 Å². The van der Waals surface area contributed by atoms with Gasteiger partial charge in [-0.05, 0) is 31.0 Å². The van der Waals surface area contributed by atoms with E-state index in [2.05, 4.69) is 4.72 Å². The molecular formula is C13H14F2N2O2S. The number of halogens is 2. The van der Waals surface area contributed by atoms with Gasteiger partial charge in [0.2, 0.25) is 10.0 Å². The number of hydrogen-bond acceptors (Lipinski definition) is 3. The van der Waals surface area contributed by atoms with Crippen LogP contribution in [0.3, 0.4) is 0 Å².